The van der Waals surface area contributed by atoms with Crippen molar-refractivity contribution in [1.29, 1.82) is 0 Å². The number of rotatable bonds is 3. The Morgan fingerprint density at radius 2 is 1.92 bits per heavy atom. The highest BCUT2D eigenvalue weighted by molar-refractivity contribution is 5.84. The van der Waals surface area contributed by atoms with Crippen molar-refractivity contribution in [3.63, 3.8) is 0 Å². The molecular weight excluding hydrogens is 342 g/mol. The van der Waals surface area contributed by atoms with Crippen LogP contribution in [0, 0.1) is 17.6 Å². The number of likely N-dealkylation sites (tertiary alicyclic amines) is 1. The van der Waals surface area contributed by atoms with Gasteiger partial charge in [-0.15, -0.1) is 0 Å². The first-order chi connectivity index (χ1) is 12.5. The van der Waals surface area contributed by atoms with Crippen LogP contribution in [0.3, 0.4) is 0 Å². The summed E-state index contributed by atoms with van der Waals surface area (Å²) in [4.78, 5) is 27.7. The van der Waals surface area contributed by atoms with Crippen molar-refractivity contribution < 1.29 is 18.4 Å². The molecule has 0 aliphatic carbocycles. The van der Waals surface area contributed by atoms with E-state index < -0.39 is 17.7 Å². The third kappa shape index (κ3) is 2.72. The van der Waals surface area contributed by atoms with E-state index in [0.29, 0.717) is 18.0 Å². The van der Waals surface area contributed by atoms with Crippen LogP contribution < -0.4 is 11.1 Å². The minimum atomic E-state index is -0.866. The van der Waals surface area contributed by atoms with Gasteiger partial charge in [-0.3, -0.25) is 9.69 Å². The van der Waals surface area contributed by atoms with Gasteiger partial charge >= 0.3 is 6.03 Å². The summed E-state index contributed by atoms with van der Waals surface area (Å²) in [5.74, 6) is -1.86. The number of benzene rings is 1. The van der Waals surface area contributed by atoms with Gasteiger partial charge in [-0.1, -0.05) is 12.1 Å². The van der Waals surface area contributed by atoms with Crippen LogP contribution in [-0.2, 0) is 4.79 Å². The molecule has 1 aromatic carbocycles. The van der Waals surface area contributed by atoms with Crippen LogP contribution in [0.5, 0.6) is 0 Å². The van der Waals surface area contributed by atoms with Gasteiger partial charge in [0.2, 0.25) is 5.91 Å². The fourth-order valence-corrected chi connectivity index (χ4v) is 5.05. The van der Waals surface area contributed by atoms with Gasteiger partial charge in [-0.2, -0.15) is 0 Å². The quantitative estimate of drug-likeness (QED) is 0.841. The van der Waals surface area contributed by atoms with Gasteiger partial charge in [0.1, 0.15) is 0 Å². The molecule has 5 rings (SSSR count). The molecule has 0 spiro atoms. The van der Waals surface area contributed by atoms with E-state index in [2.05, 4.69) is 10.2 Å². The number of urea groups is 1. The number of halogens is 2. The minimum absolute atomic E-state index is 0.0173. The van der Waals surface area contributed by atoms with Crippen molar-refractivity contribution in [3.8, 4) is 0 Å². The molecule has 4 fully saturated rings. The molecule has 6 nitrogen and oxygen atoms in total. The minimum Gasteiger partial charge on any atom is -0.352 e. The highest BCUT2D eigenvalue weighted by atomic mass is 19.2. The van der Waals surface area contributed by atoms with E-state index in [-0.39, 0.29) is 30.5 Å². The number of nitrogens with two attached hydrogens (primary N) is 1. The Hall–Kier alpha value is -2.22. The lowest BCUT2D eigenvalue weighted by Gasteiger charge is -2.51. The lowest BCUT2D eigenvalue weighted by molar-refractivity contribution is -0.134. The Morgan fingerprint density at radius 3 is 2.62 bits per heavy atom. The van der Waals surface area contributed by atoms with E-state index in [1.54, 1.807) is 11.0 Å². The van der Waals surface area contributed by atoms with E-state index in [0.717, 1.165) is 32.0 Å². The number of primary amides is 1. The molecule has 4 saturated heterocycles. The van der Waals surface area contributed by atoms with Crippen LogP contribution in [0.25, 0.3) is 0 Å². The SMILES string of the molecule is NC(=O)NCC(=O)N1C[C@@H](c2cccc(F)c2F)[C@@H]2[C@H]1C1CCN2CC1. The van der Waals surface area contributed by atoms with Gasteiger partial charge in [0, 0.05) is 18.5 Å². The van der Waals surface area contributed by atoms with E-state index in [9.17, 15) is 18.4 Å². The highest BCUT2D eigenvalue weighted by Gasteiger charge is 2.55. The zero-order valence-electron chi connectivity index (χ0n) is 14.3. The predicted octanol–water partition coefficient (Wildman–Crippen LogP) is 1.02. The molecule has 0 radical (unpaired) electrons. The second-order valence-corrected chi connectivity index (χ2v) is 7.37. The van der Waals surface area contributed by atoms with Crippen LogP contribution in [-0.4, -0.2) is 60.0 Å². The fourth-order valence-electron chi connectivity index (χ4n) is 5.05. The summed E-state index contributed by atoms with van der Waals surface area (Å²) in [5, 5.41) is 2.34. The largest absolute Gasteiger partial charge is 0.352 e. The summed E-state index contributed by atoms with van der Waals surface area (Å²) in [6, 6.07) is 3.43. The van der Waals surface area contributed by atoms with Gasteiger partial charge in [0.25, 0.3) is 0 Å². The lowest BCUT2D eigenvalue weighted by atomic mass is 9.75. The molecule has 4 aliphatic rings. The smallest absolute Gasteiger partial charge is 0.312 e. The second-order valence-electron chi connectivity index (χ2n) is 7.37. The van der Waals surface area contributed by atoms with Gasteiger partial charge in [-0.25, -0.2) is 13.6 Å². The molecule has 8 heteroatoms. The van der Waals surface area contributed by atoms with E-state index in [1.807, 2.05) is 0 Å². The molecule has 3 atom stereocenters. The molecule has 0 unspecified atom stereocenters. The normalized spacial score (nSPS) is 32.4. The molecule has 1 aromatic rings. The number of carbonyl (C=O) groups excluding carboxylic acids is 2. The fraction of sp³-hybridized carbons (Fsp3) is 0.556. The molecule has 3 amide bonds. The van der Waals surface area contributed by atoms with Crippen LogP contribution in [0.4, 0.5) is 13.6 Å². The summed E-state index contributed by atoms with van der Waals surface area (Å²) in [6.07, 6.45) is 1.99. The standard InChI is InChI=1S/C18H22F2N4O2/c19-13-3-1-2-11(15(13)20)12-9-24(14(25)8-22-18(21)26)16-10-4-6-23(7-5-10)17(12)16/h1-3,10,12,16-17H,4-9H2,(H3,21,22,26)/t12-,16+,17+/m0/s1. The Labute approximate surface area is 150 Å². The lowest BCUT2D eigenvalue weighted by Crippen LogP contribution is -2.61. The van der Waals surface area contributed by atoms with E-state index >= 15 is 0 Å². The van der Waals surface area contributed by atoms with Crippen LogP contribution in [0.2, 0.25) is 0 Å². The zero-order chi connectivity index (χ0) is 18.4. The number of hydrogen-bond donors (Lipinski definition) is 2. The monoisotopic (exact) mass is 364 g/mol. The third-order valence-electron chi connectivity index (χ3n) is 6.11. The molecule has 3 N–H and O–H groups in total. The maximum atomic E-state index is 14.5. The number of amides is 3. The van der Waals surface area contributed by atoms with Gasteiger partial charge in [0.15, 0.2) is 11.6 Å². The molecule has 26 heavy (non-hydrogen) atoms. The molecule has 0 aromatic heterocycles. The topological polar surface area (TPSA) is 78.7 Å². The molecule has 140 valence electrons. The Morgan fingerprint density at radius 1 is 1.19 bits per heavy atom. The van der Waals surface area contributed by atoms with Crippen molar-refractivity contribution in [2.24, 2.45) is 11.7 Å². The maximum Gasteiger partial charge on any atom is 0.312 e. The number of hydrogen-bond acceptors (Lipinski definition) is 3. The third-order valence-corrected chi connectivity index (χ3v) is 6.11. The van der Waals surface area contributed by atoms with Crippen LogP contribution in [0.15, 0.2) is 18.2 Å². The molecule has 0 saturated carbocycles. The first kappa shape index (κ1) is 17.2. The summed E-state index contributed by atoms with van der Waals surface area (Å²) < 4.78 is 28.2. The number of nitrogens with zero attached hydrogens (tertiary/aromatic N) is 2. The van der Waals surface area contributed by atoms with Crippen molar-refractivity contribution >= 4 is 11.9 Å². The zero-order valence-corrected chi connectivity index (χ0v) is 14.3. The highest BCUT2D eigenvalue weighted by Crippen LogP contribution is 2.47. The van der Waals surface area contributed by atoms with E-state index in [4.69, 9.17) is 5.73 Å². The second kappa shape index (κ2) is 6.50. The number of fused-ring (bicyclic) bond motifs is 2. The molecular formula is C18H22F2N4O2. The summed E-state index contributed by atoms with van der Waals surface area (Å²) in [5.41, 5.74) is 5.39. The first-order valence-corrected chi connectivity index (χ1v) is 8.98. The number of nitrogens with one attached hydrogen (secondary N) is 1. The number of carbonyl (C=O) groups is 2. The van der Waals surface area contributed by atoms with Crippen molar-refractivity contribution in [2.75, 3.05) is 26.2 Å². The van der Waals surface area contributed by atoms with E-state index in [1.165, 1.54) is 6.07 Å². The Bertz CT molecular complexity index is 736. The summed E-state index contributed by atoms with van der Waals surface area (Å²) >= 11 is 0. The summed E-state index contributed by atoms with van der Waals surface area (Å²) in [6.45, 7) is 1.98. The summed E-state index contributed by atoms with van der Waals surface area (Å²) in [7, 11) is 0. The number of piperidine rings is 3. The molecule has 4 aliphatic heterocycles. The van der Waals surface area contributed by atoms with Crippen molar-refractivity contribution in [3.05, 3.63) is 35.4 Å². The van der Waals surface area contributed by atoms with Gasteiger partial charge < -0.3 is 16.0 Å². The van der Waals surface area contributed by atoms with Crippen molar-refractivity contribution in [2.45, 2.75) is 30.8 Å². The average Bonchev–Trinajstić information content (AvgIpc) is 3.05. The van der Waals surface area contributed by atoms with Gasteiger partial charge in [-0.05, 0) is 43.5 Å². The van der Waals surface area contributed by atoms with Gasteiger partial charge in [0.05, 0.1) is 12.6 Å². The first-order valence-electron chi connectivity index (χ1n) is 8.98. The average molecular weight is 364 g/mol. The van der Waals surface area contributed by atoms with Crippen LogP contribution >= 0.6 is 0 Å². The Balaban J connectivity index is 1.67. The maximum absolute atomic E-state index is 14.5. The molecule has 2 bridgehead atoms. The predicted molar refractivity (Wildman–Crippen MR) is 90.3 cm³/mol. The Kier molecular flexibility index (Phi) is 4.30. The van der Waals surface area contributed by atoms with Crippen molar-refractivity contribution in [1.82, 2.24) is 15.1 Å². The van der Waals surface area contributed by atoms with Crippen LogP contribution in [0.1, 0.15) is 24.3 Å². The molecule has 4 heterocycles.